The van der Waals surface area contributed by atoms with Crippen molar-refractivity contribution in [3.8, 4) is 0 Å². The van der Waals surface area contributed by atoms with Gasteiger partial charge in [0.25, 0.3) is 0 Å². The van der Waals surface area contributed by atoms with E-state index in [2.05, 4.69) is 4.74 Å². The van der Waals surface area contributed by atoms with Crippen LogP contribution in [0.4, 0.5) is 4.79 Å². The predicted octanol–water partition coefficient (Wildman–Crippen LogP) is 12.4. The Kier molecular flexibility index (Phi) is 53.4. The number of Topliss-reactive ketones (excluding diaryl/α,β-unsaturated/α-hetero) is 4. The third kappa shape index (κ3) is 40.2. The van der Waals surface area contributed by atoms with Crippen molar-refractivity contribution in [3.63, 3.8) is 0 Å². The maximum Gasteiger partial charge on any atom is 0.509 e. The molecule has 5 aliphatic carbocycles. The van der Waals surface area contributed by atoms with Crippen molar-refractivity contribution in [3.05, 3.63) is 142 Å². The maximum absolute atomic E-state index is 12.9. The Bertz CT molecular complexity index is 4030. The van der Waals surface area contributed by atoms with Crippen LogP contribution in [0, 0.1) is 0 Å². The molecule has 10 unspecified atom stereocenters. The Morgan fingerprint density at radius 3 is 1.10 bits per heavy atom. The summed E-state index contributed by atoms with van der Waals surface area (Å²) in [6.07, 6.45) is 21.1. The van der Waals surface area contributed by atoms with Gasteiger partial charge in [0, 0.05) is 72.6 Å². The first kappa shape index (κ1) is 109. The van der Waals surface area contributed by atoms with Gasteiger partial charge in [-0.3, -0.25) is 19.2 Å². The van der Waals surface area contributed by atoms with Crippen LogP contribution in [0.1, 0.15) is 290 Å². The minimum atomic E-state index is -0.796. The first-order chi connectivity index (χ1) is 58.7. The fourth-order valence-corrected chi connectivity index (χ4v) is 13.7. The molecule has 5 saturated carbocycles. The van der Waals surface area contributed by atoms with Crippen LogP contribution >= 0.6 is 0 Å². The minimum absolute atomic E-state index is 0. The summed E-state index contributed by atoms with van der Waals surface area (Å²) in [5.41, 5.74) is 0.899. The molecule has 3 heterocycles. The number of epoxide rings is 1. The number of rotatable bonds is 26. The molecule has 4 aromatic rings. The monoisotopic (exact) mass is 1840 g/mol. The van der Waals surface area contributed by atoms with E-state index < -0.39 is 96.5 Å². The van der Waals surface area contributed by atoms with E-state index >= 15 is 0 Å². The van der Waals surface area contributed by atoms with Gasteiger partial charge in [0.15, 0.2) is 17.3 Å². The summed E-state index contributed by atoms with van der Waals surface area (Å²) in [5, 5.41) is 18.2. The van der Waals surface area contributed by atoms with Gasteiger partial charge in [-0.05, 0) is 211 Å². The van der Waals surface area contributed by atoms with Crippen LogP contribution in [0.15, 0.2) is 97.1 Å². The average Bonchev–Trinajstić information content (AvgIpc) is 1.60. The number of aliphatic hydroxyl groups is 2. The number of fused-ring (bicyclic) bond motifs is 2. The van der Waals surface area contributed by atoms with Gasteiger partial charge in [-0.2, -0.15) is 0 Å². The van der Waals surface area contributed by atoms with Crippen LogP contribution < -0.4 is 0 Å². The van der Waals surface area contributed by atoms with Crippen LogP contribution in [-0.4, -0.2) is 221 Å². The Hall–Kier alpha value is -9.55. The summed E-state index contributed by atoms with van der Waals surface area (Å²) >= 11 is 0. The molecule has 34 heteroatoms. The molecular weight excluding hydrogens is 1720 g/mol. The van der Waals surface area contributed by atoms with Gasteiger partial charge in [0.05, 0.1) is 75.5 Å². The van der Waals surface area contributed by atoms with E-state index in [-0.39, 0.29) is 147 Å². The summed E-state index contributed by atoms with van der Waals surface area (Å²) in [5.74, 6) is -6.75. The molecule has 2 saturated heterocycles. The third-order valence-electron chi connectivity index (χ3n) is 20.0. The second-order valence-electron chi connectivity index (χ2n) is 29.8. The Morgan fingerprint density at radius 2 is 0.734 bits per heavy atom. The van der Waals surface area contributed by atoms with Gasteiger partial charge in [-0.1, -0.05) is 80.6 Å². The first-order valence-electron chi connectivity index (χ1n) is 41.4. The minimum Gasteiger partial charge on any atom is -0.466 e. The zero-order chi connectivity index (χ0) is 89.3. The van der Waals surface area contributed by atoms with Gasteiger partial charge in [0.1, 0.15) is 75.6 Å². The van der Waals surface area contributed by atoms with Crippen molar-refractivity contribution in [1.29, 1.82) is 0 Å². The van der Waals surface area contributed by atoms with Crippen LogP contribution in [0.2, 0.25) is 0 Å². The number of methoxy groups -OCH3 is 2. The Balaban J connectivity index is 0.000000397. The molecule has 0 radical (unpaired) electrons. The standard InChI is InChI=1S/C25H32O9.C20H24O8.C17H20O6.C8H4O3.C7H14O2.C6H10O2.C6H10O.CH2O.2Zn/c1-16(26)15-31-23(27)17-9-3-4-10-18(17)24(28)32-21-13-7-8-14-22(21)34-25(29)33-20-12-6-5-11-19(20)30-2;1-13(21)11-26-19(23)14-7-3-4-8-15(14)20(24)28-17-10-6-5-9-16(17)27-18(22)12-25-2;1-11(18)10-22-16(20)12-6-2-3-7-13(12)17(21)23-15-9-5-4-8-14(15)19;9-7-5-3-1-2-4-6(5)8(10)11-7;1-7(9)5-3-2-4-6-8;7-6-4-2-1-3-5-8-6;1-2-4-6-5(3-1)7-6;1-2;;/h3-4,9-10,19-22H,5-8,11-15H2,1-2H3;3-4,7-8,16-17H,5-6,9-12H2,1-2H3;2-3,6-7,14-15,19H,4-5,8-10H2,1H3;1-4H;8H,2-6H2,1H3;1-5H2;5-6H,1-4H2;1H2;;. The van der Waals surface area contributed by atoms with E-state index in [0.29, 0.717) is 87.7 Å². The van der Waals surface area contributed by atoms with Crippen molar-refractivity contribution in [2.45, 2.75) is 269 Å². The number of esters is 10. The summed E-state index contributed by atoms with van der Waals surface area (Å²) in [7, 11) is 2.99. The van der Waals surface area contributed by atoms with Crippen molar-refractivity contribution in [2.24, 2.45) is 0 Å². The van der Waals surface area contributed by atoms with E-state index in [1.165, 1.54) is 90.0 Å². The number of hydrogen-bond donors (Lipinski definition) is 2. The number of ketones is 4. The van der Waals surface area contributed by atoms with Crippen LogP contribution in [-0.2, 0) is 139 Å². The fourth-order valence-electron chi connectivity index (χ4n) is 13.7. The maximum atomic E-state index is 12.9. The average molecular weight is 1840 g/mol. The molecule has 8 aliphatic rings. The van der Waals surface area contributed by atoms with Crippen LogP contribution in [0.25, 0.3) is 0 Å². The van der Waals surface area contributed by atoms with E-state index in [1.54, 1.807) is 74.7 Å². The number of benzene rings is 4. The van der Waals surface area contributed by atoms with Gasteiger partial charge in [-0.15, -0.1) is 0 Å². The molecule has 124 heavy (non-hydrogen) atoms. The summed E-state index contributed by atoms with van der Waals surface area (Å²) in [6, 6.07) is 24.7. The molecule has 4 aromatic carbocycles. The third-order valence-corrected chi connectivity index (χ3v) is 20.0. The van der Waals surface area contributed by atoms with Crippen molar-refractivity contribution >= 4 is 95.8 Å². The molecule has 10 atom stereocenters. The van der Waals surface area contributed by atoms with Crippen LogP contribution in [0.5, 0.6) is 0 Å². The fraction of sp³-hybridized carbons (Fsp3) is 0.556. The number of cyclic esters (lactones) is 3. The summed E-state index contributed by atoms with van der Waals surface area (Å²) in [6.45, 7) is 7.10. The number of hydrogen-bond acceptors (Lipinski definition) is 32. The van der Waals surface area contributed by atoms with Crippen LogP contribution in [0.3, 0.4) is 0 Å². The van der Waals surface area contributed by atoms with E-state index in [9.17, 15) is 77.0 Å². The van der Waals surface area contributed by atoms with Gasteiger partial charge >= 0.3 is 65.8 Å². The quantitative estimate of drug-likeness (QED) is 0.0147. The first-order valence-corrected chi connectivity index (χ1v) is 41.4. The zero-order valence-electron chi connectivity index (χ0n) is 71.8. The molecular formula is C90H116O32Zn2. The molecule has 12 rings (SSSR count). The Labute approximate surface area is 747 Å². The number of aliphatic hydroxyl groups excluding tert-OH is 2. The summed E-state index contributed by atoms with van der Waals surface area (Å²) in [4.78, 5) is 182. The number of carbonyl (C=O) groups excluding carboxylic acids is 16. The molecule has 3 aliphatic heterocycles. The van der Waals surface area contributed by atoms with Crippen molar-refractivity contribution in [2.75, 3.05) is 53.9 Å². The second-order valence-corrected chi connectivity index (χ2v) is 29.8. The summed E-state index contributed by atoms with van der Waals surface area (Å²) < 4.78 is 72.2. The molecule has 672 valence electrons. The largest absolute Gasteiger partial charge is 0.509 e. The molecule has 0 bridgehead atoms. The molecule has 0 aromatic heterocycles. The molecule has 7 fully saturated rings. The topological polar surface area (TPSA) is 446 Å². The molecule has 2 N–H and O–H groups in total. The van der Waals surface area contributed by atoms with Crippen molar-refractivity contribution in [1.82, 2.24) is 0 Å². The normalized spacial score (nSPS) is 20.9. The van der Waals surface area contributed by atoms with Gasteiger partial charge in [0.2, 0.25) is 0 Å². The number of ether oxygens (including phenoxy) is 14. The van der Waals surface area contributed by atoms with E-state index in [4.69, 9.17) is 71.5 Å². The predicted molar refractivity (Wildman–Crippen MR) is 434 cm³/mol. The van der Waals surface area contributed by atoms with Crippen molar-refractivity contribution < 1.29 is 192 Å². The number of unbranched alkanes of at least 4 members (excludes halogenated alkanes) is 2. The number of carbonyl (C=O) groups is 16. The van der Waals surface area contributed by atoms with E-state index in [0.717, 1.165) is 96.3 Å². The molecule has 32 nitrogen and oxygen atoms in total. The van der Waals surface area contributed by atoms with Gasteiger partial charge in [-0.25, -0.2) is 47.9 Å². The second kappa shape index (κ2) is 60.9. The molecule has 0 amide bonds. The zero-order valence-corrected chi connectivity index (χ0v) is 77.8. The van der Waals surface area contributed by atoms with E-state index in [1.807, 2.05) is 6.79 Å². The SMILES string of the molecule is C1CCC2OC2C1.C=O.CC(=O)CCCCCO.CC(=O)COC(=O)c1ccccc1C(=O)OC1CCCCC1O.COC1CCCCC1OC(=O)OC1CCCCC1OC(=O)c1ccccc1C(=O)OCC(C)=O.COCC(=O)OC1CCCCC1OC(=O)c1ccccc1C(=O)OCC(C)=O.O=C1CCCCCO1.O=C1OC(=O)c2ccccc21.[Zn].[Zn]. The van der Waals surface area contributed by atoms with Gasteiger partial charge < -0.3 is 86.1 Å². The molecule has 0 spiro atoms. The Morgan fingerprint density at radius 1 is 0.387 bits per heavy atom. The smallest absolute Gasteiger partial charge is 0.466 e.